The van der Waals surface area contributed by atoms with Crippen molar-refractivity contribution in [3.8, 4) is 5.75 Å². The van der Waals surface area contributed by atoms with Gasteiger partial charge in [0, 0.05) is 15.1 Å². The number of ether oxygens (including phenoxy) is 2. The molecule has 0 saturated heterocycles. The van der Waals surface area contributed by atoms with Gasteiger partial charge in [0.1, 0.15) is 5.75 Å². The highest BCUT2D eigenvalue weighted by Crippen LogP contribution is 2.26. The van der Waals surface area contributed by atoms with E-state index in [2.05, 4.69) is 18.2 Å². The highest BCUT2D eigenvalue weighted by molar-refractivity contribution is 7.19. The number of thiophene rings is 1. The molecule has 5 heteroatoms. The van der Waals surface area contributed by atoms with E-state index in [4.69, 9.17) is 9.47 Å². The molecule has 0 saturated carbocycles. The van der Waals surface area contributed by atoms with Crippen LogP contribution in [0.4, 0.5) is 0 Å². The molecule has 4 nitrogen and oxygen atoms in total. The molecule has 132 valence electrons. The summed E-state index contributed by atoms with van der Waals surface area (Å²) in [7, 11) is 0. The van der Waals surface area contributed by atoms with E-state index >= 15 is 0 Å². The summed E-state index contributed by atoms with van der Waals surface area (Å²) in [6.45, 7) is 1.92. The molecule has 0 N–H and O–H groups in total. The minimum atomic E-state index is -0.418. The van der Waals surface area contributed by atoms with Gasteiger partial charge in [-0.3, -0.25) is 4.79 Å². The number of carbonyl (C=O) groups is 2. The Kier molecular flexibility index (Phi) is 5.81. The van der Waals surface area contributed by atoms with E-state index in [1.165, 1.54) is 10.1 Å². The quantitative estimate of drug-likeness (QED) is 0.344. The molecule has 3 aromatic rings. The first kappa shape index (κ1) is 17.9. The van der Waals surface area contributed by atoms with Crippen LogP contribution in [0.3, 0.4) is 0 Å². The van der Waals surface area contributed by atoms with Crippen LogP contribution in [-0.4, -0.2) is 25.0 Å². The highest BCUT2D eigenvalue weighted by atomic mass is 32.1. The van der Waals surface area contributed by atoms with Crippen molar-refractivity contribution in [3.63, 3.8) is 0 Å². The van der Waals surface area contributed by atoms with Gasteiger partial charge in [0.2, 0.25) is 0 Å². The fourth-order valence-electron chi connectivity index (χ4n) is 2.40. The number of fused-ring (bicyclic) bond motifs is 1. The topological polar surface area (TPSA) is 52.6 Å². The maximum atomic E-state index is 12.3. The molecular weight excluding hydrogens is 348 g/mol. The van der Waals surface area contributed by atoms with Gasteiger partial charge in [0.25, 0.3) is 0 Å². The molecule has 3 rings (SSSR count). The molecule has 1 aromatic heterocycles. The summed E-state index contributed by atoms with van der Waals surface area (Å²) in [5.74, 6) is 0.0152. The van der Waals surface area contributed by atoms with Crippen LogP contribution in [0.25, 0.3) is 16.2 Å². The van der Waals surface area contributed by atoms with Gasteiger partial charge in [-0.05, 0) is 60.9 Å². The van der Waals surface area contributed by atoms with Crippen molar-refractivity contribution in [2.45, 2.75) is 6.92 Å². The van der Waals surface area contributed by atoms with Gasteiger partial charge in [0.05, 0.1) is 6.61 Å². The third kappa shape index (κ3) is 4.58. The third-order valence-electron chi connectivity index (χ3n) is 3.64. The largest absolute Gasteiger partial charge is 0.482 e. The fraction of sp³-hybridized carbons (Fsp3) is 0.143. The lowest BCUT2D eigenvalue weighted by atomic mass is 10.1. The Labute approximate surface area is 155 Å². The molecule has 0 amide bonds. The first-order valence-electron chi connectivity index (χ1n) is 8.25. The lowest BCUT2D eigenvalue weighted by Gasteiger charge is -2.05. The van der Waals surface area contributed by atoms with Crippen LogP contribution in [0.5, 0.6) is 5.75 Å². The molecule has 0 atom stereocenters. The van der Waals surface area contributed by atoms with Gasteiger partial charge in [-0.2, -0.15) is 0 Å². The summed E-state index contributed by atoms with van der Waals surface area (Å²) < 4.78 is 11.3. The van der Waals surface area contributed by atoms with Crippen molar-refractivity contribution in [2.75, 3.05) is 13.2 Å². The van der Waals surface area contributed by atoms with E-state index in [9.17, 15) is 9.59 Å². The summed E-state index contributed by atoms with van der Waals surface area (Å²) in [5, 5.41) is 1.17. The minimum Gasteiger partial charge on any atom is -0.482 e. The first-order chi connectivity index (χ1) is 12.7. The number of carbonyl (C=O) groups excluding carboxylic acids is 2. The standard InChI is InChI=1S/C21H18O4S/c1-2-24-21(23)14-25-17-9-7-15(8-10-17)19(22)12-11-18-13-16-5-3-4-6-20(16)26-18/h3-13H,2,14H2,1H3. The van der Waals surface area contributed by atoms with E-state index in [0.717, 1.165) is 4.88 Å². The molecule has 0 unspecified atom stereocenters. The fourth-order valence-corrected chi connectivity index (χ4v) is 3.37. The average molecular weight is 366 g/mol. The molecule has 0 spiro atoms. The van der Waals surface area contributed by atoms with Crippen molar-refractivity contribution in [1.82, 2.24) is 0 Å². The van der Waals surface area contributed by atoms with Crippen LogP contribution in [0.2, 0.25) is 0 Å². The SMILES string of the molecule is CCOC(=O)COc1ccc(C(=O)C=Cc2cc3ccccc3s2)cc1. The number of rotatable bonds is 7. The summed E-state index contributed by atoms with van der Waals surface area (Å²) in [6.07, 6.45) is 3.40. The van der Waals surface area contributed by atoms with Crippen molar-refractivity contribution in [2.24, 2.45) is 0 Å². The maximum absolute atomic E-state index is 12.3. The summed E-state index contributed by atoms with van der Waals surface area (Å²) in [5.41, 5.74) is 0.561. The Bertz CT molecular complexity index is 905. The number of hydrogen-bond acceptors (Lipinski definition) is 5. The van der Waals surface area contributed by atoms with Crippen LogP contribution >= 0.6 is 11.3 Å². The molecule has 1 heterocycles. The lowest BCUT2D eigenvalue weighted by molar-refractivity contribution is -0.145. The summed E-state index contributed by atoms with van der Waals surface area (Å²) >= 11 is 1.65. The molecule has 0 radical (unpaired) electrons. The van der Waals surface area contributed by atoms with Gasteiger partial charge in [-0.25, -0.2) is 4.79 Å². The monoisotopic (exact) mass is 366 g/mol. The molecule has 0 fully saturated rings. The van der Waals surface area contributed by atoms with E-state index in [1.54, 1.807) is 48.6 Å². The third-order valence-corrected chi connectivity index (χ3v) is 4.73. The normalized spacial score (nSPS) is 11.0. The Morgan fingerprint density at radius 2 is 1.85 bits per heavy atom. The minimum absolute atomic E-state index is 0.0839. The zero-order valence-corrected chi connectivity index (χ0v) is 15.1. The van der Waals surface area contributed by atoms with E-state index in [-0.39, 0.29) is 12.4 Å². The highest BCUT2D eigenvalue weighted by Gasteiger charge is 2.06. The summed E-state index contributed by atoms with van der Waals surface area (Å²) in [6, 6.07) is 16.9. The molecule has 0 aliphatic carbocycles. The second kappa shape index (κ2) is 8.45. The van der Waals surface area contributed by atoms with Gasteiger partial charge in [0.15, 0.2) is 12.4 Å². The zero-order chi connectivity index (χ0) is 18.4. The first-order valence-corrected chi connectivity index (χ1v) is 9.07. The van der Waals surface area contributed by atoms with Crippen molar-refractivity contribution in [3.05, 3.63) is 71.1 Å². The predicted octanol–water partition coefficient (Wildman–Crippen LogP) is 4.74. The average Bonchev–Trinajstić information content (AvgIpc) is 3.08. The molecular formula is C21H18O4S. The molecule has 0 aliphatic heterocycles. The molecule has 26 heavy (non-hydrogen) atoms. The number of hydrogen-bond donors (Lipinski definition) is 0. The number of ketones is 1. The van der Waals surface area contributed by atoms with Crippen molar-refractivity contribution < 1.29 is 19.1 Å². The number of esters is 1. The zero-order valence-electron chi connectivity index (χ0n) is 14.3. The van der Waals surface area contributed by atoms with Gasteiger partial charge >= 0.3 is 5.97 Å². The number of benzene rings is 2. The lowest BCUT2D eigenvalue weighted by Crippen LogP contribution is -2.14. The van der Waals surface area contributed by atoms with E-state index in [1.807, 2.05) is 18.2 Å². The van der Waals surface area contributed by atoms with Crippen LogP contribution in [0.1, 0.15) is 22.2 Å². The molecule has 0 bridgehead atoms. The van der Waals surface area contributed by atoms with Gasteiger partial charge < -0.3 is 9.47 Å². The molecule has 0 aliphatic rings. The van der Waals surface area contributed by atoms with Crippen molar-refractivity contribution >= 4 is 39.3 Å². The van der Waals surface area contributed by atoms with Crippen LogP contribution in [0, 0.1) is 0 Å². The second-order valence-electron chi connectivity index (χ2n) is 5.50. The van der Waals surface area contributed by atoms with Crippen LogP contribution in [0.15, 0.2) is 60.7 Å². The smallest absolute Gasteiger partial charge is 0.344 e. The van der Waals surface area contributed by atoms with Gasteiger partial charge in [-0.1, -0.05) is 18.2 Å². The van der Waals surface area contributed by atoms with Gasteiger partial charge in [-0.15, -0.1) is 11.3 Å². The Balaban J connectivity index is 1.61. The van der Waals surface area contributed by atoms with Crippen molar-refractivity contribution in [1.29, 1.82) is 0 Å². The predicted molar refractivity (Wildman–Crippen MR) is 104 cm³/mol. The summed E-state index contributed by atoms with van der Waals surface area (Å²) in [4.78, 5) is 24.6. The number of allylic oxidation sites excluding steroid dienone is 1. The Hall–Kier alpha value is -2.92. The van der Waals surface area contributed by atoms with E-state index in [0.29, 0.717) is 17.9 Å². The van der Waals surface area contributed by atoms with E-state index < -0.39 is 5.97 Å². The Morgan fingerprint density at radius 3 is 2.58 bits per heavy atom. The second-order valence-corrected chi connectivity index (χ2v) is 6.62. The van der Waals surface area contributed by atoms with Crippen LogP contribution < -0.4 is 4.74 Å². The van der Waals surface area contributed by atoms with Crippen LogP contribution in [-0.2, 0) is 9.53 Å². The molecule has 2 aromatic carbocycles. The Morgan fingerprint density at radius 1 is 1.08 bits per heavy atom. The maximum Gasteiger partial charge on any atom is 0.344 e.